The summed E-state index contributed by atoms with van der Waals surface area (Å²) in [6.45, 7) is 1.94. The zero-order valence-electron chi connectivity index (χ0n) is 12.0. The van der Waals surface area contributed by atoms with E-state index >= 15 is 0 Å². The average Bonchev–Trinajstić information content (AvgIpc) is 2.41. The number of carboxylic acids is 1. The smallest absolute Gasteiger partial charge is 0.341 e. The van der Waals surface area contributed by atoms with E-state index < -0.39 is 46.6 Å². The van der Waals surface area contributed by atoms with Crippen LogP contribution < -0.4 is 5.43 Å². The third kappa shape index (κ3) is 2.47. The van der Waals surface area contributed by atoms with Gasteiger partial charge in [0, 0.05) is 11.8 Å². The Kier molecular flexibility index (Phi) is 4.25. The lowest BCUT2D eigenvalue weighted by molar-refractivity contribution is 0.0694. The highest BCUT2D eigenvalue weighted by Crippen LogP contribution is 2.28. The van der Waals surface area contributed by atoms with Gasteiger partial charge in [0.15, 0.2) is 5.82 Å². The van der Waals surface area contributed by atoms with Crippen LogP contribution in [-0.4, -0.2) is 22.3 Å². The minimum absolute atomic E-state index is 0.220. The summed E-state index contributed by atoms with van der Waals surface area (Å²) in [4.78, 5) is 23.2. The van der Waals surface area contributed by atoms with Crippen molar-refractivity contribution in [3.63, 3.8) is 0 Å². The van der Waals surface area contributed by atoms with E-state index in [9.17, 15) is 22.8 Å². The summed E-state index contributed by atoms with van der Waals surface area (Å²) in [7, 11) is 0. The molecule has 1 aromatic carbocycles. The molecule has 22 heavy (non-hydrogen) atoms. The van der Waals surface area contributed by atoms with Crippen molar-refractivity contribution in [2.24, 2.45) is 0 Å². The van der Waals surface area contributed by atoms with E-state index in [4.69, 9.17) is 5.11 Å². The van der Waals surface area contributed by atoms with Gasteiger partial charge in [0.05, 0.1) is 17.4 Å². The number of rotatable bonds is 4. The summed E-state index contributed by atoms with van der Waals surface area (Å²) in [5, 5.41) is 8.60. The van der Waals surface area contributed by atoms with Gasteiger partial charge in [0.2, 0.25) is 5.43 Å². The maximum absolute atomic E-state index is 14.6. The third-order valence-electron chi connectivity index (χ3n) is 3.42. The first kappa shape index (κ1) is 16.1. The van der Waals surface area contributed by atoms with E-state index in [0.717, 1.165) is 16.8 Å². The molecule has 7 heteroatoms. The van der Waals surface area contributed by atoms with Crippen LogP contribution in [0.3, 0.4) is 0 Å². The molecule has 0 bridgehead atoms. The maximum Gasteiger partial charge on any atom is 0.341 e. The minimum Gasteiger partial charge on any atom is -0.477 e. The number of carbonyl (C=O) groups is 1. The topological polar surface area (TPSA) is 59.3 Å². The number of benzene rings is 1. The summed E-state index contributed by atoms with van der Waals surface area (Å²) in [5.74, 6) is -3.91. The standard InChI is InChI=1S/C15H14F3NO3/c1-7(2)11-10(17)5-8-13(12(11)18)19(4-3-16)6-9(14(8)20)15(21)22/h5-7H,3-4H2,1-2H3,(H,21,22). The largest absolute Gasteiger partial charge is 0.477 e. The molecule has 2 aromatic rings. The Morgan fingerprint density at radius 2 is 2.00 bits per heavy atom. The molecule has 0 spiro atoms. The van der Waals surface area contributed by atoms with Gasteiger partial charge < -0.3 is 9.67 Å². The van der Waals surface area contributed by atoms with Gasteiger partial charge in [-0.25, -0.2) is 18.0 Å². The van der Waals surface area contributed by atoms with Gasteiger partial charge in [0.25, 0.3) is 0 Å². The molecule has 0 amide bonds. The lowest BCUT2D eigenvalue weighted by Crippen LogP contribution is -2.21. The van der Waals surface area contributed by atoms with E-state index in [2.05, 4.69) is 0 Å². The number of fused-ring (bicyclic) bond motifs is 1. The van der Waals surface area contributed by atoms with E-state index in [0.29, 0.717) is 0 Å². The molecule has 0 aliphatic carbocycles. The SMILES string of the molecule is CC(C)c1c(F)cc2c(=O)c(C(=O)O)cn(CCF)c2c1F. The van der Waals surface area contributed by atoms with Crippen molar-refractivity contribution in [2.75, 3.05) is 6.67 Å². The van der Waals surface area contributed by atoms with Crippen LogP contribution in [0.2, 0.25) is 0 Å². The molecule has 0 aliphatic heterocycles. The quantitative estimate of drug-likeness (QED) is 0.943. The van der Waals surface area contributed by atoms with Gasteiger partial charge in [-0.2, -0.15) is 0 Å². The molecule has 0 atom stereocenters. The van der Waals surface area contributed by atoms with Gasteiger partial charge in [0.1, 0.15) is 18.1 Å². The lowest BCUT2D eigenvalue weighted by Gasteiger charge is -2.16. The molecule has 0 radical (unpaired) electrons. The van der Waals surface area contributed by atoms with Crippen LogP contribution in [0.15, 0.2) is 17.1 Å². The second-order valence-electron chi connectivity index (χ2n) is 5.20. The van der Waals surface area contributed by atoms with Crippen LogP contribution in [0.1, 0.15) is 35.7 Å². The van der Waals surface area contributed by atoms with Crippen LogP contribution in [0.5, 0.6) is 0 Å². The number of pyridine rings is 1. The second kappa shape index (κ2) is 5.82. The Bertz CT molecular complexity index is 812. The Hall–Kier alpha value is -2.31. The van der Waals surface area contributed by atoms with Crippen molar-refractivity contribution in [3.8, 4) is 0 Å². The molecule has 0 aliphatic rings. The van der Waals surface area contributed by atoms with E-state index in [1.807, 2.05) is 0 Å². The molecular weight excluding hydrogens is 299 g/mol. The molecule has 1 heterocycles. The molecule has 0 saturated heterocycles. The molecular formula is C15H14F3NO3. The van der Waals surface area contributed by atoms with Crippen molar-refractivity contribution in [3.05, 3.63) is 45.2 Å². The van der Waals surface area contributed by atoms with Gasteiger partial charge >= 0.3 is 5.97 Å². The fourth-order valence-corrected chi connectivity index (χ4v) is 2.45. The summed E-state index contributed by atoms with van der Waals surface area (Å²) >= 11 is 0. The van der Waals surface area contributed by atoms with Crippen molar-refractivity contribution < 1.29 is 23.1 Å². The molecule has 118 valence electrons. The monoisotopic (exact) mass is 313 g/mol. The maximum atomic E-state index is 14.6. The van der Waals surface area contributed by atoms with E-state index in [-0.39, 0.29) is 17.6 Å². The zero-order chi connectivity index (χ0) is 16.6. The first-order chi connectivity index (χ1) is 10.3. The van der Waals surface area contributed by atoms with E-state index in [1.165, 1.54) is 0 Å². The van der Waals surface area contributed by atoms with Crippen molar-refractivity contribution in [2.45, 2.75) is 26.3 Å². The van der Waals surface area contributed by atoms with Crippen LogP contribution in [0.4, 0.5) is 13.2 Å². The van der Waals surface area contributed by atoms with Gasteiger partial charge in [-0.1, -0.05) is 13.8 Å². The van der Waals surface area contributed by atoms with E-state index in [1.54, 1.807) is 13.8 Å². The number of nitrogens with zero attached hydrogens (tertiary/aromatic N) is 1. The van der Waals surface area contributed by atoms with Gasteiger partial charge in [-0.05, 0) is 12.0 Å². The average molecular weight is 313 g/mol. The predicted molar refractivity (Wildman–Crippen MR) is 75.1 cm³/mol. The first-order valence-corrected chi connectivity index (χ1v) is 6.63. The number of aromatic carboxylic acids is 1. The Balaban J connectivity index is 3.02. The fraction of sp³-hybridized carbons (Fsp3) is 0.333. The number of carboxylic acid groups (broad SMARTS) is 1. The van der Waals surface area contributed by atoms with Gasteiger partial charge in [-0.3, -0.25) is 4.79 Å². The van der Waals surface area contributed by atoms with Crippen molar-refractivity contribution in [1.82, 2.24) is 4.57 Å². The third-order valence-corrected chi connectivity index (χ3v) is 3.42. The molecule has 1 aromatic heterocycles. The minimum atomic E-state index is -1.53. The normalized spacial score (nSPS) is 11.4. The fourth-order valence-electron chi connectivity index (χ4n) is 2.45. The Morgan fingerprint density at radius 1 is 1.36 bits per heavy atom. The predicted octanol–water partition coefficient (Wildman–Crippen LogP) is 3.07. The van der Waals surface area contributed by atoms with Crippen LogP contribution in [-0.2, 0) is 6.54 Å². The highest BCUT2D eigenvalue weighted by Gasteiger charge is 2.23. The molecule has 0 fully saturated rings. The van der Waals surface area contributed by atoms with Crippen LogP contribution >= 0.6 is 0 Å². The highest BCUT2D eigenvalue weighted by molar-refractivity contribution is 5.93. The van der Waals surface area contributed by atoms with Crippen LogP contribution in [0.25, 0.3) is 10.9 Å². The number of alkyl halides is 1. The number of hydrogen-bond donors (Lipinski definition) is 1. The second-order valence-corrected chi connectivity index (χ2v) is 5.20. The number of halogens is 3. The Labute approximate surface area is 123 Å². The van der Waals surface area contributed by atoms with Crippen molar-refractivity contribution in [1.29, 1.82) is 0 Å². The molecule has 2 rings (SSSR count). The molecule has 4 nitrogen and oxygen atoms in total. The molecule has 0 unspecified atom stereocenters. The lowest BCUT2D eigenvalue weighted by atomic mass is 9.98. The summed E-state index contributed by atoms with van der Waals surface area (Å²) < 4.78 is 42.3. The van der Waals surface area contributed by atoms with Crippen molar-refractivity contribution >= 4 is 16.9 Å². The number of aryl methyl sites for hydroxylation is 1. The molecule has 0 saturated carbocycles. The highest BCUT2D eigenvalue weighted by atomic mass is 19.1. The molecule has 1 N–H and O–H groups in total. The first-order valence-electron chi connectivity index (χ1n) is 6.63. The number of aromatic nitrogens is 1. The summed E-state index contributed by atoms with van der Waals surface area (Å²) in [6.07, 6.45) is 0.887. The summed E-state index contributed by atoms with van der Waals surface area (Å²) in [6, 6.07) is 0.817. The van der Waals surface area contributed by atoms with Gasteiger partial charge in [-0.15, -0.1) is 0 Å². The van der Waals surface area contributed by atoms with Crippen LogP contribution in [0, 0.1) is 11.6 Å². The zero-order valence-corrected chi connectivity index (χ0v) is 12.0. The summed E-state index contributed by atoms with van der Waals surface area (Å²) in [5.41, 5.74) is -2.15. The number of hydrogen-bond acceptors (Lipinski definition) is 2. The Morgan fingerprint density at radius 3 is 2.50 bits per heavy atom.